The summed E-state index contributed by atoms with van der Waals surface area (Å²) in [6.07, 6.45) is 0.149. The van der Waals surface area contributed by atoms with Crippen molar-refractivity contribution in [2.75, 3.05) is 17.6 Å². The zero-order valence-electron chi connectivity index (χ0n) is 7.30. The van der Waals surface area contributed by atoms with E-state index in [2.05, 4.69) is 5.32 Å². The molecule has 0 saturated heterocycles. The Kier molecular flexibility index (Phi) is 1.96. The molecule has 4 heteroatoms. The Labute approximate surface area is 81.8 Å². The highest BCUT2D eigenvalue weighted by Gasteiger charge is 2.18. The van der Waals surface area contributed by atoms with E-state index in [-0.39, 0.29) is 6.10 Å². The molecule has 2 rings (SSSR count). The lowest BCUT2D eigenvalue weighted by molar-refractivity contribution is 0.227. The molecule has 0 saturated carbocycles. The second-order valence-electron chi connectivity index (χ2n) is 3.18. The number of rotatable bonds is 0. The molecule has 1 unspecified atom stereocenters. The van der Waals surface area contributed by atoms with Gasteiger partial charge in [-0.15, -0.1) is 0 Å². The smallest absolute Gasteiger partial charge is 0.165 e. The summed E-state index contributed by atoms with van der Waals surface area (Å²) in [5.41, 5.74) is 7.22. The maximum Gasteiger partial charge on any atom is 0.165 e. The number of nitrogen functional groups attached to an aromatic ring is 1. The van der Waals surface area contributed by atoms with Gasteiger partial charge in [-0.3, -0.25) is 0 Å². The molecule has 1 aliphatic rings. The second kappa shape index (κ2) is 3.00. The topological polar surface area (TPSA) is 47.3 Å². The van der Waals surface area contributed by atoms with Gasteiger partial charge in [0.05, 0.1) is 17.9 Å². The number of nitrogens with two attached hydrogens (primary N) is 1. The van der Waals surface area contributed by atoms with E-state index >= 15 is 0 Å². The van der Waals surface area contributed by atoms with Gasteiger partial charge in [0.1, 0.15) is 6.10 Å². The van der Waals surface area contributed by atoms with Crippen LogP contribution in [-0.4, -0.2) is 12.6 Å². The summed E-state index contributed by atoms with van der Waals surface area (Å²) in [5.74, 6) is 0.711. The molecule has 0 amide bonds. The molecule has 0 spiro atoms. The zero-order chi connectivity index (χ0) is 9.42. The van der Waals surface area contributed by atoms with Gasteiger partial charge in [0.15, 0.2) is 5.75 Å². The van der Waals surface area contributed by atoms with Crippen molar-refractivity contribution in [2.45, 2.75) is 13.0 Å². The van der Waals surface area contributed by atoms with Gasteiger partial charge < -0.3 is 15.8 Å². The number of halogens is 1. The van der Waals surface area contributed by atoms with Crippen molar-refractivity contribution in [1.29, 1.82) is 0 Å². The van der Waals surface area contributed by atoms with Gasteiger partial charge >= 0.3 is 0 Å². The molecule has 13 heavy (non-hydrogen) atoms. The van der Waals surface area contributed by atoms with Gasteiger partial charge in [-0.2, -0.15) is 0 Å². The number of hydrogen-bond acceptors (Lipinski definition) is 3. The Hall–Kier alpha value is -1.09. The van der Waals surface area contributed by atoms with Crippen molar-refractivity contribution in [3.05, 3.63) is 17.2 Å². The summed E-state index contributed by atoms with van der Waals surface area (Å²) in [7, 11) is 0. The van der Waals surface area contributed by atoms with Crippen LogP contribution in [0.2, 0.25) is 5.02 Å². The summed E-state index contributed by atoms with van der Waals surface area (Å²) in [4.78, 5) is 0. The van der Waals surface area contributed by atoms with Crippen LogP contribution >= 0.6 is 11.6 Å². The largest absolute Gasteiger partial charge is 0.485 e. The number of ether oxygens (including phenoxy) is 1. The summed E-state index contributed by atoms with van der Waals surface area (Å²) >= 11 is 5.84. The predicted octanol–water partition coefficient (Wildman–Crippen LogP) is 2.12. The maximum absolute atomic E-state index is 5.84. The lowest BCUT2D eigenvalue weighted by atomic mass is 10.2. The minimum Gasteiger partial charge on any atom is -0.485 e. The minimum absolute atomic E-state index is 0.149. The van der Waals surface area contributed by atoms with Gasteiger partial charge in [-0.05, 0) is 19.1 Å². The van der Waals surface area contributed by atoms with E-state index in [0.717, 1.165) is 12.2 Å². The van der Waals surface area contributed by atoms with E-state index in [9.17, 15) is 0 Å². The van der Waals surface area contributed by atoms with Gasteiger partial charge in [0.2, 0.25) is 0 Å². The monoisotopic (exact) mass is 198 g/mol. The van der Waals surface area contributed by atoms with Crippen LogP contribution in [-0.2, 0) is 0 Å². The first-order chi connectivity index (χ1) is 6.16. The molecular formula is C9H11ClN2O. The van der Waals surface area contributed by atoms with E-state index in [1.807, 2.05) is 13.0 Å². The van der Waals surface area contributed by atoms with Crippen LogP contribution in [0.1, 0.15) is 6.92 Å². The molecule has 0 aliphatic carbocycles. The number of fused-ring (bicyclic) bond motifs is 1. The quantitative estimate of drug-likeness (QED) is 0.628. The molecule has 1 aromatic carbocycles. The third-order valence-corrected chi connectivity index (χ3v) is 2.20. The predicted molar refractivity (Wildman–Crippen MR) is 54.4 cm³/mol. The third-order valence-electron chi connectivity index (χ3n) is 1.98. The Morgan fingerprint density at radius 1 is 1.62 bits per heavy atom. The molecule has 1 aliphatic heterocycles. The van der Waals surface area contributed by atoms with Crippen LogP contribution in [0.3, 0.4) is 0 Å². The van der Waals surface area contributed by atoms with E-state index in [0.29, 0.717) is 16.5 Å². The van der Waals surface area contributed by atoms with Crippen LogP contribution < -0.4 is 15.8 Å². The number of anilines is 2. The fourth-order valence-electron chi connectivity index (χ4n) is 1.37. The van der Waals surface area contributed by atoms with Crippen LogP contribution in [0.25, 0.3) is 0 Å². The Morgan fingerprint density at radius 2 is 2.38 bits per heavy atom. The molecule has 3 N–H and O–H groups in total. The first kappa shape index (κ1) is 8.51. The molecular weight excluding hydrogens is 188 g/mol. The number of benzene rings is 1. The van der Waals surface area contributed by atoms with Crippen molar-refractivity contribution in [3.63, 3.8) is 0 Å². The molecule has 0 fully saturated rings. The van der Waals surface area contributed by atoms with E-state index in [1.54, 1.807) is 6.07 Å². The van der Waals surface area contributed by atoms with Gasteiger partial charge in [0, 0.05) is 5.02 Å². The highest BCUT2D eigenvalue weighted by molar-refractivity contribution is 6.31. The van der Waals surface area contributed by atoms with Gasteiger partial charge in [-0.25, -0.2) is 0 Å². The Morgan fingerprint density at radius 3 is 3.15 bits per heavy atom. The standard InChI is InChI=1S/C9H11ClN2O/c1-5-4-12-8-3-6(10)2-7(11)9(8)13-5/h2-3,5,12H,4,11H2,1H3. The van der Waals surface area contributed by atoms with Gasteiger partial charge in [0.25, 0.3) is 0 Å². The van der Waals surface area contributed by atoms with Crippen molar-refractivity contribution < 1.29 is 4.74 Å². The summed E-state index contributed by atoms with van der Waals surface area (Å²) < 4.78 is 5.57. The zero-order valence-corrected chi connectivity index (χ0v) is 8.06. The van der Waals surface area contributed by atoms with Crippen LogP contribution in [0, 0.1) is 0 Å². The molecule has 70 valence electrons. The van der Waals surface area contributed by atoms with E-state index in [1.165, 1.54) is 0 Å². The van der Waals surface area contributed by atoms with Crippen molar-refractivity contribution in [3.8, 4) is 5.75 Å². The average molecular weight is 199 g/mol. The highest BCUT2D eigenvalue weighted by Crippen LogP contribution is 2.37. The van der Waals surface area contributed by atoms with Crippen LogP contribution in [0.4, 0.5) is 11.4 Å². The fraction of sp³-hybridized carbons (Fsp3) is 0.333. The lowest BCUT2D eigenvalue weighted by Crippen LogP contribution is -2.28. The Balaban J connectivity index is 2.47. The van der Waals surface area contributed by atoms with Gasteiger partial charge in [-0.1, -0.05) is 11.6 Å². The van der Waals surface area contributed by atoms with E-state index < -0.39 is 0 Å². The second-order valence-corrected chi connectivity index (χ2v) is 3.62. The number of hydrogen-bond donors (Lipinski definition) is 2. The first-order valence-corrected chi connectivity index (χ1v) is 4.54. The molecule has 0 radical (unpaired) electrons. The molecule has 0 aromatic heterocycles. The fourth-order valence-corrected chi connectivity index (χ4v) is 1.60. The lowest BCUT2D eigenvalue weighted by Gasteiger charge is -2.25. The van der Waals surface area contributed by atoms with Crippen molar-refractivity contribution in [2.24, 2.45) is 0 Å². The summed E-state index contributed by atoms with van der Waals surface area (Å²) in [5, 5.41) is 3.83. The first-order valence-electron chi connectivity index (χ1n) is 4.16. The highest BCUT2D eigenvalue weighted by atomic mass is 35.5. The van der Waals surface area contributed by atoms with Crippen molar-refractivity contribution in [1.82, 2.24) is 0 Å². The summed E-state index contributed by atoms with van der Waals surface area (Å²) in [6.45, 7) is 2.77. The van der Waals surface area contributed by atoms with E-state index in [4.69, 9.17) is 22.1 Å². The van der Waals surface area contributed by atoms with Crippen LogP contribution in [0.5, 0.6) is 5.75 Å². The average Bonchev–Trinajstić information content (AvgIpc) is 2.06. The maximum atomic E-state index is 5.84. The molecule has 1 aromatic rings. The molecule has 1 heterocycles. The molecule has 3 nitrogen and oxygen atoms in total. The number of nitrogens with one attached hydrogen (secondary N) is 1. The normalized spacial score (nSPS) is 20.0. The third kappa shape index (κ3) is 1.52. The Bertz CT molecular complexity index is 341. The van der Waals surface area contributed by atoms with Crippen molar-refractivity contribution >= 4 is 23.0 Å². The minimum atomic E-state index is 0.149. The SMILES string of the molecule is CC1CNc2cc(Cl)cc(N)c2O1. The molecule has 0 bridgehead atoms. The summed E-state index contributed by atoms with van der Waals surface area (Å²) in [6, 6.07) is 3.51. The molecule has 1 atom stereocenters. The van der Waals surface area contributed by atoms with Crippen LogP contribution in [0.15, 0.2) is 12.1 Å².